The van der Waals surface area contributed by atoms with Crippen molar-refractivity contribution in [2.75, 3.05) is 20.2 Å². The van der Waals surface area contributed by atoms with E-state index in [4.69, 9.17) is 32.3 Å². The number of methoxy groups -OCH3 is 1. The van der Waals surface area contributed by atoms with Crippen LogP contribution in [0.2, 0.25) is 5.02 Å². The number of likely N-dealkylation sites (tertiary alicyclic amines) is 1. The Morgan fingerprint density at radius 1 is 1.16 bits per heavy atom. The van der Waals surface area contributed by atoms with Crippen molar-refractivity contribution in [2.45, 2.75) is 31.8 Å². The van der Waals surface area contributed by atoms with Crippen LogP contribution in [0.1, 0.15) is 29.4 Å². The molecule has 0 aliphatic carbocycles. The number of piperidine rings is 1. The smallest absolute Gasteiger partial charge is 0.150 e. The summed E-state index contributed by atoms with van der Waals surface area (Å²) in [6.07, 6.45) is 0.879. The Balaban J connectivity index is 0.000000322. The van der Waals surface area contributed by atoms with E-state index in [1.165, 1.54) is 5.56 Å². The van der Waals surface area contributed by atoms with Crippen LogP contribution in [0.5, 0.6) is 5.75 Å². The van der Waals surface area contributed by atoms with Gasteiger partial charge >= 0.3 is 0 Å². The van der Waals surface area contributed by atoms with Crippen LogP contribution in [0, 0.1) is 6.92 Å². The van der Waals surface area contributed by atoms with Gasteiger partial charge in [0.25, 0.3) is 0 Å². The standard InChI is InChI=1S/C17H22N3O2.C6H5ClN.Y/c1-12-9-15(22-19-12)10-20-8-7-17(18)16(11-20)13-3-5-14(21-2)6-4-13;7-5-1-3-6(8)4-2-5;/h3-6,9,16-18H,7-8,10-11H2,1-2H3;1-4,8H;/q2*-1;. The molecule has 3 aromatic rings. The SMILES string of the molecule is COc1ccc(C2CN(Cc3cc(C)no3)CCC2[NH-])cc1.[NH-]c1ccc(Cl)cc1.[Y]. The maximum absolute atomic E-state index is 8.35. The normalized spacial score (nSPS) is 18.5. The van der Waals surface area contributed by atoms with Gasteiger partial charge < -0.3 is 20.7 Å². The minimum atomic E-state index is -0.0545. The molecule has 0 bridgehead atoms. The molecule has 163 valence electrons. The number of rotatable bonds is 4. The zero-order valence-corrected chi connectivity index (χ0v) is 21.4. The monoisotopic (exact) mass is 515 g/mol. The molecule has 0 spiro atoms. The summed E-state index contributed by atoms with van der Waals surface area (Å²) in [6.45, 7) is 4.50. The maximum Gasteiger partial charge on any atom is 0.150 e. The van der Waals surface area contributed by atoms with Crippen LogP contribution in [0.3, 0.4) is 0 Å². The number of benzene rings is 2. The Hall–Kier alpha value is -1.44. The molecule has 31 heavy (non-hydrogen) atoms. The molecule has 0 saturated carbocycles. The largest absolute Gasteiger partial charge is 0.699 e. The van der Waals surface area contributed by atoms with Crippen molar-refractivity contribution >= 4 is 17.3 Å². The Bertz CT molecular complexity index is 897. The number of halogens is 1. The second-order valence-corrected chi connectivity index (χ2v) is 7.89. The van der Waals surface area contributed by atoms with Crippen molar-refractivity contribution in [3.05, 3.63) is 88.1 Å². The molecule has 1 aliphatic heterocycles. The van der Waals surface area contributed by atoms with Crippen molar-refractivity contribution in [1.82, 2.24) is 10.1 Å². The van der Waals surface area contributed by atoms with E-state index in [2.05, 4.69) is 22.2 Å². The van der Waals surface area contributed by atoms with Gasteiger partial charge in [0.2, 0.25) is 0 Å². The summed E-state index contributed by atoms with van der Waals surface area (Å²) in [6, 6.07) is 16.7. The fraction of sp³-hybridized carbons (Fsp3) is 0.348. The summed E-state index contributed by atoms with van der Waals surface area (Å²) in [4.78, 5) is 2.35. The van der Waals surface area contributed by atoms with Gasteiger partial charge in [-0.25, -0.2) is 0 Å². The summed E-state index contributed by atoms with van der Waals surface area (Å²) in [5.41, 5.74) is 18.0. The molecule has 1 saturated heterocycles. The van der Waals surface area contributed by atoms with Crippen LogP contribution in [0.15, 0.2) is 59.1 Å². The Morgan fingerprint density at radius 2 is 1.84 bits per heavy atom. The van der Waals surface area contributed by atoms with E-state index in [0.717, 1.165) is 43.3 Å². The average molecular weight is 516 g/mol. The Kier molecular flexibility index (Phi) is 10.5. The molecule has 0 amide bonds. The van der Waals surface area contributed by atoms with Crippen LogP contribution in [0.4, 0.5) is 5.69 Å². The number of aromatic nitrogens is 1. The number of nitrogens with one attached hydrogen (secondary N) is 2. The topological polar surface area (TPSA) is 86.1 Å². The minimum Gasteiger partial charge on any atom is -0.699 e. The molecule has 2 unspecified atom stereocenters. The van der Waals surface area contributed by atoms with Crippen LogP contribution < -0.4 is 4.74 Å². The third-order valence-electron chi connectivity index (χ3n) is 5.14. The fourth-order valence-corrected chi connectivity index (χ4v) is 3.64. The first-order valence-corrected chi connectivity index (χ1v) is 10.3. The second kappa shape index (κ2) is 12.6. The summed E-state index contributed by atoms with van der Waals surface area (Å²) in [5, 5.41) is 4.62. The molecule has 2 heterocycles. The first-order valence-electron chi connectivity index (χ1n) is 9.91. The summed E-state index contributed by atoms with van der Waals surface area (Å²) in [7, 11) is 1.67. The fourth-order valence-electron chi connectivity index (χ4n) is 3.51. The molecule has 2 N–H and O–H groups in total. The molecule has 4 rings (SSSR count). The maximum atomic E-state index is 8.35. The molecular formula is C23H27ClN4O2Y-2. The van der Waals surface area contributed by atoms with Crippen molar-refractivity contribution in [2.24, 2.45) is 0 Å². The van der Waals surface area contributed by atoms with Crippen LogP contribution in [-0.4, -0.2) is 36.3 Å². The van der Waals surface area contributed by atoms with Gasteiger partial charge in [-0.15, -0.1) is 11.7 Å². The molecule has 2 atom stereocenters. The summed E-state index contributed by atoms with van der Waals surface area (Å²) >= 11 is 5.53. The summed E-state index contributed by atoms with van der Waals surface area (Å²) in [5.74, 6) is 1.98. The molecule has 6 nitrogen and oxygen atoms in total. The molecule has 1 aromatic heterocycles. The zero-order chi connectivity index (χ0) is 21.5. The quantitative estimate of drug-likeness (QED) is 0.401. The van der Waals surface area contributed by atoms with Gasteiger partial charge in [-0.2, -0.15) is 0 Å². The van der Waals surface area contributed by atoms with Crippen LogP contribution in [-0.2, 0) is 39.3 Å². The predicted octanol–water partition coefficient (Wildman–Crippen LogP) is 6.42. The zero-order valence-electron chi connectivity index (χ0n) is 17.8. The van der Waals surface area contributed by atoms with E-state index < -0.39 is 0 Å². The van der Waals surface area contributed by atoms with Gasteiger partial charge in [0.05, 0.1) is 19.3 Å². The molecule has 2 aromatic carbocycles. The van der Waals surface area contributed by atoms with Gasteiger partial charge in [-0.3, -0.25) is 4.90 Å². The van der Waals surface area contributed by atoms with E-state index in [0.29, 0.717) is 10.7 Å². The van der Waals surface area contributed by atoms with Gasteiger partial charge in [-0.05, 0) is 49.2 Å². The third-order valence-corrected chi connectivity index (χ3v) is 5.39. The number of hydrogen-bond acceptors (Lipinski definition) is 4. The third kappa shape index (κ3) is 7.88. The van der Waals surface area contributed by atoms with Crippen molar-refractivity contribution in [3.8, 4) is 5.75 Å². The first-order chi connectivity index (χ1) is 14.4. The van der Waals surface area contributed by atoms with Crippen molar-refractivity contribution in [3.63, 3.8) is 0 Å². The minimum absolute atomic E-state index is 0. The molecule has 8 heteroatoms. The first kappa shape index (κ1) is 25.8. The average Bonchev–Trinajstić information content (AvgIpc) is 3.17. The van der Waals surface area contributed by atoms with E-state index in [1.54, 1.807) is 31.4 Å². The van der Waals surface area contributed by atoms with E-state index in [9.17, 15) is 0 Å². The van der Waals surface area contributed by atoms with E-state index >= 15 is 0 Å². The number of aryl methyl sites for hydroxylation is 1. The molecule has 1 fully saturated rings. The van der Waals surface area contributed by atoms with Gasteiger partial charge in [0.15, 0.2) is 5.76 Å². The van der Waals surface area contributed by atoms with E-state index in [1.807, 2.05) is 25.1 Å². The number of hydrogen-bond donors (Lipinski definition) is 0. The number of ether oxygens (including phenoxy) is 1. The van der Waals surface area contributed by atoms with Gasteiger partial charge in [0.1, 0.15) is 5.75 Å². The van der Waals surface area contributed by atoms with Crippen LogP contribution >= 0.6 is 11.6 Å². The predicted molar refractivity (Wildman–Crippen MR) is 120 cm³/mol. The van der Waals surface area contributed by atoms with Crippen molar-refractivity contribution < 1.29 is 42.0 Å². The van der Waals surface area contributed by atoms with Gasteiger partial charge in [0, 0.05) is 50.3 Å². The molecule has 1 aliphatic rings. The van der Waals surface area contributed by atoms with E-state index in [-0.39, 0.29) is 44.7 Å². The van der Waals surface area contributed by atoms with Gasteiger partial charge in [-0.1, -0.05) is 47.4 Å². The summed E-state index contributed by atoms with van der Waals surface area (Å²) < 4.78 is 10.5. The second-order valence-electron chi connectivity index (χ2n) is 7.45. The molecule has 1 radical (unpaired) electrons. The van der Waals surface area contributed by atoms with Crippen LogP contribution in [0.25, 0.3) is 11.5 Å². The Morgan fingerprint density at radius 3 is 2.39 bits per heavy atom. The Labute approximate surface area is 214 Å². The molecular weight excluding hydrogens is 489 g/mol. The van der Waals surface area contributed by atoms with Crippen molar-refractivity contribution in [1.29, 1.82) is 0 Å². The number of nitrogens with zero attached hydrogens (tertiary/aromatic N) is 2.